The van der Waals surface area contributed by atoms with Crippen LogP contribution in [0.1, 0.15) is 58.4 Å². The summed E-state index contributed by atoms with van der Waals surface area (Å²) >= 11 is 0. The Hall–Kier alpha value is -1.55. The highest BCUT2D eigenvalue weighted by atomic mass is 16.6. The van der Waals surface area contributed by atoms with Crippen LogP contribution in [0.3, 0.4) is 0 Å². The first kappa shape index (κ1) is 17.8. The summed E-state index contributed by atoms with van der Waals surface area (Å²) in [6, 6.07) is 7.99. The van der Waals surface area contributed by atoms with Crippen molar-refractivity contribution in [3.05, 3.63) is 29.8 Å². The number of carbonyl (C=O) groups is 1. The average Bonchev–Trinajstić information content (AvgIpc) is 2.46. The average molecular weight is 318 g/mol. The van der Waals surface area contributed by atoms with E-state index in [1.54, 1.807) is 0 Å². The zero-order chi connectivity index (χ0) is 16.9. The third-order valence-electron chi connectivity index (χ3n) is 4.06. The fraction of sp³-hybridized carbons (Fsp3) is 0.632. The maximum Gasteiger partial charge on any atom is 0.413 e. The standard InChI is InChI=1S/C19H30N2O2/c1-5-11-21-12-7-9-16(14-21)15-8-6-10-17(13-15)23-18(22)20-19(2,3)4/h6,8,10,13,16H,5,7,9,11-12,14H2,1-4H3,(H,20,22). The SMILES string of the molecule is CCCN1CCCC(c2cccc(OC(=O)NC(C)(C)C)c2)C1. The van der Waals surface area contributed by atoms with Gasteiger partial charge in [0, 0.05) is 12.1 Å². The Kier molecular flexibility index (Phi) is 6.05. The summed E-state index contributed by atoms with van der Waals surface area (Å²) in [5.74, 6) is 1.15. The molecule has 0 saturated carbocycles. The van der Waals surface area contributed by atoms with Crippen LogP contribution < -0.4 is 10.1 Å². The van der Waals surface area contributed by atoms with Gasteiger partial charge in [0.2, 0.25) is 0 Å². The van der Waals surface area contributed by atoms with Crippen LogP contribution in [0.4, 0.5) is 4.79 Å². The highest BCUT2D eigenvalue weighted by Crippen LogP contribution is 2.29. The number of hydrogen-bond acceptors (Lipinski definition) is 3. The van der Waals surface area contributed by atoms with Crippen molar-refractivity contribution in [2.24, 2.45) is 0 Å². The summed E-state index contributed by atoms with van der Waals surface area (Å²) in [6.45, 7) is 11.5. The van der Waals surface area contributed by atoms with Crippen LogP contribution in [0.2, 0.25) is 0 Å². The smallest absolute Gasteiger partial charge is 0.410 e. The monoisotopic (exact) mass is 318 g/mol. The van der Waals surface area contributed by atoms with E-state index in [1.807, 2.05) is 39.0 Å². The van der Waals surface area contributed by atoms with Gasteiger partial charge in [0.25, 0.3) is 0 Å². The number of likely N-dealkylation sites (tertiary alicyclic amines) is 1. The van der Waals surface area contributed by atoms with Gasteiger partial charge in [0.15, 0.2) is 0 Å². The number of carbonyl (C=O) groups excluding carboxylic acids is 1. The maximum atomic E-state index is 11.9. The number of benzene rings is 1. The number of piperidine rings is 1. The van der Waals surface area contributed by atoms with Gasteiger partial charge in [-0.3, -0.25) is 0 Å². The molecule has 1 aliphatic rings. The quantitative estimate of drug-likeness (QED) is 0.906. The Morgan fingerprint density at radius 1 is 1.39 bits per heavy atom. The molecule has 23 heavy (non-hydrogen) atoms. The number of ether oxygens (including phenoxy) is 1. The van der Waals surface area contributed by atoms with Crippen molar-refractivity contribution in [1.29, 1.82) is 0 Å². The molecule has 1 amide bonds. The fourth-order valence-corrected chi connectivity index (χ4v) is 3.12. The molecule has 1 aromatic rings. The van der Waals surface area contributed by atoms with E-state index in [1.165, 1.54) is 37.9 Å². The van der Waals surface area contributed by atoms with E-state index in [4.69, 9.17) is 4.74 Å². The lowest BCUT2D eigenvalue weighted by molar-refractivity contribution is 0.190. The first-order chi connectivity index (χ1) is 10.9. The molecule has 2 rings (SSSR count). The molecular weight excluding hydrogens is 288 g/mol. The summed E-state index contributed by atoms with van der Waals surface area (Å²) in [5, 5.41) is 2.82. The van der Waals surface area contributed by atoms with Crippen molar-refractivity contribution in [2.45, 2.75) is 58.4 Å². The van der Waals surface area contributed by atoms with Crippen molar-refractivity contribution in [3.8, 4) is 5.75 Å². The van der Waals surface area contributed by atoms with Gasteiger partial charge in [-0.05, 0) is 76.7 Å². The summed E-state index contributed by atoms with van der Waals surface area (Å²) in [5.41, 5.74) is 0.977. The van der Waals surface area contributed by atoms with Crippen LogP contribution in [0.25, 0.3) is 0 Å². The second kappa shape index (κ2) is 7.82. The van der Waals surface area contributed by atoms with Crippen molar-refractivity contribution in [2.75, 3.05) is 19.6 Å². The molecule has 1 fully saturated rings. The van der Waals surface area contributed by atoms with E-state index in [0.29, 0.717) is 11.7 Å². The molecule has 4 heteroatoms. The van der Waals surface area contributed by atoms with Crippen molar-refractivity contribution in [3.63, 3.8) is 0 Å². The van der Waals surface area contributed by atoms with Crippen LogP contribution in [0.15, 0.2) is 24.3 Å². The Morgan fingerprint density at radius 3 is 2.87 bits per heavy atom. The lowest BCUT2D eigenvalue weighted by Crippen LogP contribution is -2.42. The molecule has 1 unspecified atom stereocenters. The molecule has 1 atom stereocenters. The lowest BCUT2D eigenvalue weighted by atomic mass is 9.90. The molecule has 0 aromatic heterocycles. The van der Waals surface area contributed by atoms with Gasteiger partial charge in [-0.25, -0.2) is 4.79 Å². The second-order valence-electron chi connectivity index (χ2n) is 7.48. The number of nitrogens with one attached hydrogen (secondary N) is 1. The van der Waals surface area contributed by atoms with E-state index in [2.05, 4.69) is 23.2 Å². The van der Waals surface area contributed by atoms with Crippen LogP contribution >= 0.6 is 0 Å². The van der Waals surface area contributed by atoms with Gasteiger partial charge >= 0.3 is 6.09 Å². The van der Waals surface area contributed by atoms with E-state index in [9.17, 15) is 4.79 Å². The molecule has 1 saturated heterocycles. The Morgan fingerprint density at radius 2 is 2.17 bits per heavy atom. The number of nitrogens with zero attached hydrogens (tertiary/aromatic N) is 1. The van der Waals surface area contributed by atoms with Gasteiger partial charge in [0.1, 0.15) is 5.75 Å². The summed E-state index contributed by atoms with van der Waals surface area (Å²) in [7, 11) is 0. The number of hydrogen-bond donors (Lipinski definition) is 1. The van der Waals surface area contributed by atoms with E-state index >= 15 is 0 Å². The fourth-order valence-electron chi connectivity index (χ4n) is 3.12. The topological polar surface area (TPSA) is 41.6 Å². The van der Waals surface area contributed by atoms with Crippen molar-refractivity contribution in [1.82, 2.24) is 10.2 Å². The molecule has 1 N–H and O–H groups in total. The first-order valence-corrected chi connectivity index (χ1v) is 8.69. The van der Waals surface area contributed by atoms with Crippen LogP contribution in [0, 0.1) is 0 Å². The molecule has 0 radical (unpaired) electrons. The van der Waals surface area contributed by atoms with Crippen LogP contribution in [-0.2, 0) is 0 Å². The molecule has 4 nitrogen and oxygen atoms in total. The maximum absolute atomic E-state index is 11.9. The molecule has 0 bridgehead atoms. The van der Waals surface area contributed by atoms with Gasteiger partial charge in [-0.1, -0.05) is 19.1 Å². The molecule has 1 aromatic carbocycles. The highest BCUT2D eigenvalue weighted by Gasteiger charge is 2.21. The molecule has 1 heterocycles. The first-order valence-electron chi connectivity index (χ1n) is 8.69. The van der Waals surface area contributed by atoms with E-state index in [0.717, 1.165) is 6.54 Å². The van der Waals surface area contributed by atoms with Gasteiger partial charge in [-0.15, -0.1) is 0 Å². The van der Waals surface area contributed by atoms with Crippen molar-refractivity contribution < 1.29 is 9.53 Å². The molecule has 0 spiro atoms. The largest absolute Gasteiger partial charge is 0.413 e. The third kappa shape index (κ3) is 5.87. The molecule has 128 valence electrons. The summed E-state index contributed by atoms with van der Waals surface area (Å²) < 4.78 is 5.43. The Bertz CT molecular complexity index is 520. The normalized spacial score (nSPS) is 19.4. The highest BCUT2D eigenvalue weighted by molar-refractivity contribution is 5.71. The zero-order valence-electron chi connectivity index (χ0n) is 14.9. The summed E-state index contributed by atoms with van der Waals surface area (Å²) in [4.78, 5) is 14.4. The predicted molar refractivity (Wildman–Crippen MR) is 94.1 cm³/mol. The van der Waals surface area contributed by atoms with E-state index < -0.39 is 6.09 Å². The zero-order valence-corrected chi connectivity index (χ0v) is 14.9. The number of rotatable bonds is 4. The Balaban J connectivity index is 2.00. The third-order valence-corrected chi connectivity index (χ3v) is 4.06. The summed E-state index contributed by atoms with van der Waals surface area (Å²) in [6.07, 6.45) is 3.24. The molecular formula is C19H30N2O2. The predicted octanol–water partition coefficient (Wildman–Crippen LogP) is 4.16. The van der Waals surface area contributed by atoms with Crippen LogP contribution in [-0.4, -0.2) is 36.2 Å². The van der Waals surface area contributed by atoms with Crippen molar-refractivity contribution >= 4 is 6.09 Å². The minimum Gasteiger partial charge on any atom is -0.410 e. The van der Waals surface area contributed by atoms with Gasteiger partial charge in [-0.2, -0.15) is 0 Å². The minimum atomic E-state index is -0.397. The van der Waals surface area contributed by atoms with Gasteiger partial charge < -0.3 is 15.0 Å². The second-order valence-corrected chi connectivity index (χ2v) is 7.48. The van der Waals surface area contributed by atoms with Crippen LogP contribution in [0.5, 0.6) is 5.75 Å². The van der Waals surface area contributed by atoms with Gasteiger partial charge in [0.05, 0.1) is 0 Å². The Labute approximate surface area is 140 Å². The molecule has 0 aliphatic carbocycles. The molecule has 1 aliphatic heterocycles. The minimum absolute atomic E-state index is 0.293. The lowest BCUT2D eigenvalue weighted by Gasteiger charge is -2.32. The number of amides is 1. The van der Waals surface area contributed by atoms with E-state index in [-0.39, 0.29) is 5.54 Å².